The quantitative estimate of drug-likeness (QED) is 0.719. The third kappa shape index (κ3) is 2.93. The fourth-order valence-corrected chi connectivity index (χ4v) is 2.99. The van der Waals surface area contributed by atoms with E-state index in [9.17, 15) is 13.2 Å². The van der Waals surface area contributed by atoms with Gasteiger partial charge in [0.1, 0.15) is 4.90 Å². The van der Waals surface area contributed by atoms with Crippen molar-refractivity contribution in [2.45, 2.75) is 17.9 Å². The van der Waals surface area contributed by atoms with Gasteiger partial charge in [-0.05, 0) is 26.1 Å². The van der Waals surface area contributed by atoms with Gasteiger partial charge in [0.2, 0.25) is 15.9 Å². The standard InChI is InChI=1S/C13H19N3O4S/c1-13(8-20-7-11(13)14)12(17)16-9-5-3-4-6-10(9)21(18,19)15-2/h3-6,11,15H,7-8,14H2,1-2H3,(H,16,17). The van der Waals surface area contributed by atoms with Gasteiger partial charge in [0.05, 0.1) is 24.3 Å². The molecule has 7 nitrogen and oxygen atoms in total. The van der Waals surface area contributed by atoms with Gasteiger partial charge < -0.3 is 15.8 Å². The summed E-state index contributed by atoms with van der Waals surface area (Å²) in [6, 6.07) is 5.77. The van der Waals surface area contributed by atoms with Gasteiger partial charge in [-0.15, -0.1) is 0 Å². The highest BCUT2D eigenvalue weighted by Crippen LogP contribution is 2.30. The second kappa shape index (κ2) is 5.72. The molecule has 0 bridgehead atoms. The van der Waals surface area contributed by atoms with Crippen LogP contribution in [0.25, 0.3) is 0 Å². The average Bonchev–Trinajstić information content (AvgIpc) is 2.80. The second-order valence-corrected chi connectivity index (χ2v) is 7.05. The molecule has 0 saturated carbocycles. The minimum absolute atomic E-state index is 0.0111. The molecule has 4 N–H and O–H groups in total. The molecule has 0 aliphatic carbocycles. The van der Waals surface area contributed by atoms with Gasteiger partial charge in [0, 0.05) is 6.04 Å². The van der Waals surface area contributed by atoms with Crippen LogP contribution in [0.15, 0.2) is 29.2 Å². The average molecular weight is 313 g/mol. The number of hydrogen-bond acceptors (Lipinski definition) is 5. The highest BCUT2D eigenvalue weighted by Gasteiger charge is 2.44. The smallest absolute Gasteiger partial charge is 0.242 e. The molecule has 1 aromatic carbocycles. The monoisotopic (exact) mass is 313 g/mol. The summed E-state index contributed by atoms with van der Waals surface area (Å²) in [7, 11) is -2.34. The first kappa shape index (κ1) is 15.9. The Labute approximate surface area is 123 Å². The molecule has 116 valence electrons. The van der Waals surface area contributed by atoms with Gasteiger partial charge in [-0.3, -0.25) is 4.79 Å². The van der Waals surface area contributed by atoms with Crippen LogP contribution in [0.1, 0.15) is 6.92 Å². The lowest BCUT2D eigenvalue weighted by atomic mass is 9.85. The topological polar surface area (TPSA) is 111 Å². The van der Waals surface area contributed by atoms with Crippen LogP contribution in [0.3, 0.4) is 0 Å². The Balaban J connectivity index is 2.31. The van der Waals surface area contributed by atoms with Crippen LogP contribution in [0.4, 0.5) is 5.69 Å². The summed E-state index contributed by atoms with van der Waals surface area (Å²) in [6.45, 7) is 2.22. The zero-order valence-electron chi connectivity index (χ0n) is 11.9. The lowest BCUT2D eigenvalue weighted by Crippen LogP contribution is -2.47. The number of sulfonamides is 1. The SMILES string of the molecule is CNS(=O)(=O)c1ccccc1NC(=O)C1(C)COCC1N. The Hall–Kier alpha value is -1.48. The minimum Gasteiger partial charge on any atom is -0.379 e. The van der Waals surface area contributed by atoms with Crippen LogP contribution >= 0.6 is 0 Å². The first-order chi connectivity index (χ1) is 9.81. The second-order valence-electron chi connectivity index (χ2n) is 5.20. The number of benzene rings is 1. The number of para-hydroxylation sites is 1. The van der Waals surface area contributed by atoms with Crippen molar-refractivity contribution in [2.24, 2.45) is 11.1 Å². The fourth-order valence-electron chi connectivity index (χ4n) is 2.10. The van der Waals surface area contributed by atoms with Crippen molar-refractivity contribution in [2.75, 3.05) is 25.6 Å². The molecule has 1 aliphatic rings. The van der Waals surface area contributed by atoms with Crippen molar-refractivity contribution in [3.8, 4) is 0 Å². The van der Waals surface area contributed by atoms with E-state index < -0.39 is 21.5 Å². The molecular formula is C13H19N3O4S. The van der Waals surface area contributed by atoms with Gasteiger partial charge in [0.25, 0.3) is 0 Å². The Morgan fingerprint density at radius 3 is 2.67 bits per heavy atom. The predicted octanol–water partition coefficient (Wildman–Crippen LogP) is -0.103. The third-order valence-electron chi connectivity index (χ3n) is 3.73. The van der Waals surface area contributed by atoms with Crippen LogP contribution in [-0.2, 0) is 19.6 Å². The molecule has 2 atom stereocenters. The lowest BCUT2D eigenvalue weighted by Gasteiger charge is -2.25. The Morgan fingerprint density at radius 1 is 1.43 bits per heavy atom. The van der Waals surface area contributed by atoms with E-state index in [2.05, 4.69) is 10.0 Å². The molecule has 21 heavy (non-hydrogen) atoms. The summed E-state index contributed by atoms with van der Waals surface area (Å²) in [4.78, 5) is 12.4. The molecule has 1 aromatic rings. The molecule has 1 fully saturated rings. The number of anilines is 1. The Morgan fingerprint density at radius 2 is 2.10 bits per heavy atom. The van der Waals surface area contributed by atoms with Gasteiger partial charge >= 0.3 is 0 Å². The van der Waals surface area contributed by atoms with E-state index in [1.165, 1.54) is 19.2 Å². The zero-order chi connectivity index (χ0) is 15.7. The summed E-state index contributed by atoms with van der Waals surface area (Å²) in [6.07, 6.45) is 0. The van der Waals surface area contributed by atoms with E-state index in [1.54, 1.807) is 19.1 Å². The maximum Gasteiger partial charge on any atom is 0.242 e. The zero-order valence-corrected chi connectivity index (χ0v) is 12.7. The molecule has 8 heteroatoms. The van der Waals surface area contributed by atoms with Crippen molar-refractivity contribution >= 4 is 21.6 Å². The van der Waals surface area contributed by atoms with Crippen LogP contribution in [0.5, 0.6) is 0 Å². The number of nitrogens with two attached hydrogens (primary N) is 1. The largest absolute Gasteiger partial charge is 0.379 e. The van der Waals surface area contributed by atoms with Gasteiger partial charge in [-0.25, -0.2) is 13.1 Å². The minimum atomic E-state index is -3.66. The van der Waals surface area contributed by atoms with Gasteiger partial charge in [0.15, 0.2) is 0 Å². The molecule has 0 aromatic heterocycles. The summed E-state index contributed by atoms with van der Waals surface area (Å²) in [5.74, 6) is -0.355. The lowest BCUT2D eigenvalue weighted by molar-refractivity contribution is -0.125. The van der Waals surface area contributed by atoms with E-state index >= 15 is 0 Å². The van der Waals surface area contributed by atoms with Crippen LogP contribution < -0.4 is 15.8 Å². The van der Waals surface area contributed by atoms with E-state index in [1.807, 2.05) is 0 Å². The number of carbonyl (C=O) groups excluding carboxylic acids is 1. The normalized spacial score (nSPS) is 25.8. The van der Waals surface area contributed by atoms with Gasteiger partial charge in [-0.1, -0.05) is 12.1 Å². The number of rotatable bonds is 4. The van der Waals surface area contributed by atoms with Crippen molar-refractivity contribution in [3.05, 3.63) is 24.3 Å². The molecule has 2 rings (SSSR count). The van der Waals surface area contributed by atoms with Gasteiger partial charge in [-0.2, -0.15) is 0 Å². The third-order valence-corrected chi connectivity index (χ3v) is 5.20. The van der Waals surface area contributed by atoms with E-state index in [-0.39, 0.29) is 23.1 Å². The van der Waals surface area contributed by atoms with Crippen molar-refractivity contribution in [3.63, 3.8) is 0 Å². The summed E-state index contributed by atoms with van der Waals surface area (Å²) in [5, 5.41) is 2.65. The van der Waals surface area contributed by atoms with Crippen molar-refractivity contribution in [1.82, 2.24) is 4.72 Å². The maximum absolute atomic E-state index is 12.4. The number of ether oxygens (including phenoxy) is 1. The number of amides is 1. The van der Waals surface area contributed by atoms with Crippen molar-refractivity contribution in [1.29, 1.82) is 0 Å². The van der Waals surface area contributed by atoms with Crippen LogP contribution in [0.2, 0.25) is 0 Å². The molecule has 1 amide bonds. The molecule has 2 unspecified atom stereocenters. The van der Waals surface area contributed by atoms with E-state index in [4.69, 9.17) is 10.5 Å². The summed E-state index contributed by atoms with van der Waals surface area (Å²) < 4.78 is 31.4. The summed E-state index contributed by atoms with van der Waals surface area (Å²) >= 11 is 0. The molecule has 0 spiro atoms. The van der Waals surface area contributed by atoms with Crippen molar-refractivity contribution < 1.29 is 17.9 Å². The highest BCUT2D eigenvalue weighted by atomic mass is 32.2. The van der Waals surface area contributed by atoms with E-state index in [0.29, 0.717) is 6.61 Å². The highest BCUT2D eigenvalue weighted by molar-refractivity contribution is 7.89. The number of hydrogen-bond donors (Lipinski definition) is 3. The molecule has 1 heterocycles. The molecule has 1 saturated heterocycles. The fraction of sp³-hybridized carbons (Fsp3) is 0.462. The molecule has 0 radical (unpaired) electrons. The molecular weight excluding hydrogens is 294 g/mol. The number of nitrogens with one attached hydrogen (secondary N) is 2. The van der Waals surface area contributed by atoms with E-state index in [0.717, 1.165) is 0 Å². The van der Waals surface area contributed by atoms with Crippen LogP contribution in [-0.4, -0.2) is 40.6 Å². The summed E-state index contributed by atoms with van der Waals surface area (Å²) in [5.41, 5.74) is 5.24. The predicted molar refractivity (Wildman–Crippen MR) is 78.2 cm³/mol. The Bertz CT molecular complexity index is 647. The number of carbonyl (C=O) groups is 1. The molecule has 1 aliphatic heterocycles. The Kier molecular flexibility index (Phi) is 4.33. The maximum atomic E-state index is 12.4. The first-order valence-electron chi connectivity index (χ1n) is 6.48. The van der Waals surface area contributed by atoms with Crippen LogP contribution in [0, 0.1) is 5.41 Å². The first-order valence-corrected chi connectivity index (χ1v) is 7.97.